The van der Waals surface area contributed by atoms with Gasteiger partial charge in [0.15, 0.2) is 0 Å². The van der Waals surface area contributed by atoms with Crippen LogP contribution in [0.25, 0.3) is 0 Å². The Kier molecular flexibility index (Phi) is 2.54. The average molecular weight is 163 g/mol. The minimum atomic E-state index is -0.0385. The molecule has 0 aliphatic carbocycles. The van der Waals surface area contributed by atoms with Gasteiger partial charge in [0.2, 0.25) is 0 Å². The molecule has 0 heterocycles. The second-order valence-electron chi connectivity index (χ2n) is 2.22. The van der Waals surface area contributed by atoms with Gasteiger partial charge in [-0.3, -0.25) is 0 Å². The average Bonchev–Trinajstić information content (AvgIpc) is 2.05. The predicted molar refractivity (Wildman–Crippen MR) is 44.0 cm³/mol. The maximum Gasteiger partial charge on any atom is 0.137 e. The highest BCUT2D eigenvalue weighted by Gasteiger charge is 2.00. The van der Waals surface area contributed by atoms with Crippen molar-refractivity contribution in [2.45, 2.75) is 6.92 Å². The topological polar surface area (TPSA) is 53.2 Å². The molecule has 1 N–H and O–H groups in total. The van der Waals surface area contributed by atoms with Crippen molar-refractivity contribution in [3.05, 3.63) is 23.8 Å². The number of ether oxygens (including phenoxy) is 1. The van der Waals surface area contributed by atoms with Crippen molar-refractivity contribution in [3.63, 3.8) is 0 Å². The summed E-state index contributed by atoms with van der Waals surface area (Å²) in [6.45, 7) is 2.40. The zero-order chi connectivity index (χ0) is 8.97. The molecule has 0 atom stereocenters. The molecule has 1 aromatic rings. The van der Waals surface area contributed by atoms with Gasteiger partial charge >= 0.3 is 0 Å². The summed E-state index contributed by atoms with van der Waals surface area (Å²) in [4.78, 5) is 0. The Hall–Kier alpha value is -1.69. The summed E-state index contributed by atoms with van der Waals surface area (Å²) < 4.78 is 5.12. The molecule has 0 aliphatic heterocycles. The summed E-state index contributed by atoms with van der Waals surface area (Å²) in [5.41, 5.74) is 0.262. The van der Waals surface area contributed by atoms with Gasteiger partial charge < -0.3 is 9.84 Å². The number of phenolic OH excluding ortho intramolecular Hbond substituents is 1. The molecule has 0 saturated carbocycles. The van der Waals surface area contributed by atoms with Gasteiger partial charge in [-0.15, -0.1) is 0 Å². The largest absolute Gasteiger partial charge is 0.506 e. The van der Waals surface area contributed by atoms with E-state index in [-0.39, 0.29) is 11.3 Å². The molecule has 0 bridgehead atoms. The lowest BCUT2D eigenvalue weighted by atomic mass is 10.2. The lowest BCUT2D eigenvalue weighted by Crippen LogP contribution is -1.90. The van der Waals surface area contributed by atoms with E-state index in [1.54, 1.807) is 6.07 Å². The second-order valence-corrected chi connectivity index (χ2v) is 2.22. The van der Waals surface area contributed by atoms with Gasteiger partial charge in [-0.05, 0) is 19.1 Å². The molecule has 0 fully saturated rings. The minimum absolute atomic E-state index is 0.0385. The molecule has 12 heavy (non-hydrogen) atoms. The maximum atomic E-state index is 9.22. The Balaban J connectivity index is 2.96. The number of aromatic hydroxyl groups is 1. The fraction of sp³-hybridized carbons (Fsp3) is 0.222. The van der Waals surface area contributed by atoms with Crippen molar-refractivity contribution in [3.8, 4) is 17.6 Å². The normalized spacial score (nSPS) is 9.00. The Morgan fingerprint density at radius 2 is 2.33 bits per heavy atom. The number of nitriles is 1. The van der Waals surface area contributed by atoms with Crippen LogP contribution < -0.4 is 4.74 Å². The van der Waals surface area contributed by atoms with E-state index in [9.17, 15) is 5.11 Å². The van der Waals surface area contributed by atoms with Gasteiger partial charge in [0.1, 0.15) is 17.6 Å². The number of rotatable bonds is 2. The number of benzene rings is 1. The highest BCUT2D eigenvalue weighted by atomic mass is 16.5. The highest BCUT2D eigenvalue weighted by molar-refractivity contribution is 5.46. The van der Waals surface area contributed by atoms with E-state index in [1.165, 1.54) is 12.1 Å². The van der Waals surface area contributed by atoms with Crippen molar-refractivity contribution in [2.75, 3.05) is 6.61 Å². The standard InChI is InChI=1S/C9H9NO2/c1-2-12-8-4-3-7(6-10)9(11)5-8/h3-5,11H,2H2,1H3. The fourth-order valence-electron chi connectivity index (χ4n) is 0.862. The number of nitrogens with zero attached hydrogens (tertiary/aromatic N) is 1. The van der Waals surface area contributed by atoms with Crippen LogP contribution in [-0.2, 0) is 0 Å². The van der Waals surface area contributed by atoms with Crippen LogP contribution in [0.3, 0.4) is 0 Å². The molecular weight excluding hydrogens is 154 g/mol. The molecule has 1 aromatic carbocycles. The van der Waals surface area contributed by atoms with Crippen molar-refractivity contribution < 1.29 is 9.84 Å². The van der Waals surface area contributed by atoms with Gasteiger partial charge in [0.05, 0.1) is 12.2 Å². The van der Waals surface area contributed by atoms with Crippen LogP contribution in [0.15, 0.2) is 18.2 Å². The fourth-order valence-corrected chi connectivity index (χ4v) is 0.862. The Morgan fingerprint density at radius 1 is 1.58 bits per heavy atom. The van der Waals surface area contributed by atoms with E-state index in [0.717, 1.165) is 0 Å². The molecule has 0 radical (unpaired) electrons. The minimum Gasteiger partial charge on any atom is -0.506 e. The van der Waals surface area contributed by atoms with Gasteiger partial charge in [-0.2, -0.15) is 5.26 Å². The number of phenols is 1. The van der Waals surface area contributed by atoms with Crippen LogP contribution in [0.5, 0.6) is 11.5 Å². The van der Waals surface area contributed by atoms with E-state index in [4.69, 9.17) is 10.00 Å². The summed E-state index contributed by atoms with van der Waals surface area (Å²) in [6.07, 6.45) is 0. The summed E-state index contributed by atoms with van der Waals surface area (Å²) in [7, 11) is 0. The molecule has 0 spiro atoms. The zero-order valence-corrected chi connectivity index (χ0v) is 6.74. The van der Waals surface area contributed by atoms with E-state index in [2.05, 4.69) is 0 Å². The predicted octanol–water partition coefficient (Wildman–Crippen LogP) is 1.66. The molecule has 0 amide bonds. The molecule has 3 heteroatoms. The zero-order valence-electron chi connectivity index (χ0n) is 6.74. The molecule has 0 saturated heterocycles. The first kappa shape index (κ1) is 8.41. The Labute approximate surface area is 70.8 Å². The summed E-state index contributed by atoms with van der Waals surface area (Å²) >= 11 is 0. The first-order valence-electron chi connectivity index (χ1n) is 3.64. The van der Waals surface area contributed by atoms with Crippen molar-refractivity contribution in [1.29, 1.82) is 5.26 Å². The summed E-state index contributed by atoms with van der Waals surface area (Å²) in [5, 5.41) is 17.7. The lowest BCUT2D eigenvalue weighted by Gasteiger charge is -2.02. The van der Waals surface area contributed by atoms with E-state index in [0.29, 0.717) is 12.4 Å². The van der Waals surface area contributed by atoms with E-state index in [1.807, 2.05) is 13.0 Å². The van der Waals surface area contributed by atoms with Gasteiger partial charge in [0, 0.05) is 6.07 Å². The van der Waals surface area contributed by atoms with Gasteiger partial charge in [-0.25, -0.2) is 0 Å². The second kappa shape index (κ2) is 3.63. The van der Waals surface area contributed by atoms with Gasteiger partial charge in [0.25, 0.3) is 0 Å². The molecular formula is C9H9NO2. The van der Waals surface area contributed by atoms with E-state index < -0.39 is 0 Å². The number of hydrogen-bond acceptors (Lipinski definition) is 3. The van der Waals surface area contributed by atoms with Crippen LogP contribution in [0.1, 0.15) is 12.5 Å². The quantitative estimate of drug-likeness (QED) is 0.721. The monoisotopic (exact) mass is 163 g/mol. The van der Waals surface area contributed by atoms with Crippen LogP contribution in [0.2, 0.25) is 0 Å². The molecule has 0 aromatic heterocycles. The van der Waals surface area contributed by atoms with Crippen molar-refractivity contribution >= 4 is 0 Å². The van der Waals surface area contributed by atoms with Crippen molar-refractivity contribution in [2.24, 2.45) is 0 Å². The summed E-state index contributed by atoms with van der Waals surface area (Å²) in [5.74, 6) is 0.539. The first-order chi connectivity index (χ1) is 5.77. The smallest absolute Gasteiger partial charge is 0.137 e. The first-order valence-corrected chi connectivity index (χ1v) is 3.64. The van der Waals surface area contributed by atoms with E-state index >= 15 is 0 Å². The van der Waals surface area contributed by atoms with Crippen LogP contribution in [-0.4, -0.2) is 11.7 Å². The van der Waals surface area contributed by atoms with Crippen LogP contribution in [0, 0.1) is 11.3 Å². The number of hydrogen-bond donors (Lipinski definition) is 1. The lowest BCUT2D eigenvalue weighted by molar-refractivity contribution is 0.337. The summed E-state index contributed by atoms with van der Waals surface area (Å²) in [6, 6.07) is 6.47. The molecule has 62 valence electrons. The molecule has 0 aliphatic rings. The molecule has 1 rings (SSSR count). The Bertz CT molecular complexity index is 315. The van der Waals surface area contributed by atoms with Crippen LogP contribution >= 0.6 is 0 Å². The third-order valence-corrected chi connectivity index (χ3v) is 1.40. The third kappa shape index (κ3) is 1.67. The van der Waals surface area contributed by atoms with Crippen LogP contribution in [0.4, 0.5) is 0 Å². The van der Waals surface area contributed by atoms with Crippen molar-refractivity contribution in [1.82, 2.24) is 0 Å². The highest BCUT2D eigenvalue weighted by Crippen LogP contribution is 2.22. The molecule has 3 nitrogen and oxygen atoms in total. The Morgan fingerprint density at radius 3 is 2.83 bits per heavy atom. The van der Waals surface area contributed by atoms with Gasteiger partial charge in [-0.1, -0.05) is 0 Å². The molecule has 0 unspecified atom stereocenters. The maximum absolute atomic E-state index is 9.22. The third-order valence-electron chi connectivity index (χ3n) is 1.40. The SMILES string of the molecule is CCOc1ccc(C#N)c(O)c1.